The summed E-state index contributed by atoms with van der Waals surface area (Å²) in [5.74, 6) is 1.47. The molecule has 1 amide bonds. The highest BCUT2D eigenvalue weighted by Gasteiger charge is 2.23. The number of nitrogens with zero attached hydrogens (tertiary/aromatic N) is 3. The van der Waals surface area contributed by atoms with Crippen molar-refractivity contribution in [1.82, 2.24) is 15.5 Å². The molecule has 1 aliphatic rings. The molecule has 6 heteroatoms. The maximum absolute atomic E-state index is 12.1. The highest BCUT2D eigenvalue weighted by molar-refractivity contribution is 5.76. The van der Waals surface area contributed by atoms with Gasteiger partial charge in [0.25, 0.3) is 0 Å². The van der Waals surface area contributed by atoms with Gasteiger partial charge in [0.2, 0.25) is 11.8 Å². The summed E-state index contributed by atoms with van der Waals surface area (Å²) in [6.45, 7) is 7.82. The number of carbonyl (C=O) groups is 1. The normalized spacial score (nSPS) is 14.6. The maximum atomic E-state index is 12.1. The third kappa shape index (κ3) is 4.18. The molecule has 0 unspecified atom stereocenters. The van der Waals surface area contributed by atoms with E-state index in [1.807, 2.05) is 13.8 Å². The van der Waals surface area contributed by atoms with Crippen LogP contribution in [0.2, 0.25) is 0 Å². The molecule has 6 nitrogen and oxygen atoms in total. The molecule has 1 atom stereocenters. The second-order valence-electron chi connectivity index (χ2n) is 6.93. The fourth-order valence-corrected chi connectivity index (χ4v) is 3.11. The minimum Gasteiger partial charge on any atom is -0.366 e. The second-order valence-corrected chi connectivity index (χ2v) is 6.93. The Morgan fingerprint density at radius 2 is 2.12 bits per heavy atom. The third-order valence-electron chi connectivity index (χ3n) is 4.62. The number of nitrogens with one attached hydrogen (secondary N) is 1. The predicted molar refractivity (Wildman–Crippen MR) is 96.7 cm³/mol. The van der Waals surface area contributed by atoms with Gasteiger partial charge in [0.1, 0.15) is 0 Å². The number of aryl methyl sites for hydroxylation is 1. The standard InChI is InChI=1S/C19H26N4O2/c1-13(2)19-21-18(25-22-19)9-8-17(24)20-12-14(3)23-11-10-15-6-4-5-7-16(15)23/h4-7,13-14H,8-12H2,1-3H3,(H,20,24)/t14-/m1/s1. The molecule has 2 heterocycles. The molecule has 1 aliphatic heterocycles. The summed E-state index contributed by atoms with van der Waals surface area (Å²) in [7, 11) is 0. The Balaban J connectivity index is 1.44. The van der Waals surface area contributed by atoms with Crippen molar-refractivity contribution in [2.45, 2.75) is 52.0 Å². The van der Waals surface area contributed by atoms with Gasteiger partial charge in [-0.15, -0.1) is 0 Å². The summed E-state index contributed by atoms with van der Waals surface area (Å²) < 4.78 is 5.17. The van der Waals surface area contributed by atoms with Crippen LogP contribution in [0.15, 0.2) is 28.8 Å². The van der Waals surface area contributed by atoms with Crippen LogP contribution in [0.4, 0.5) is 5.69 Å². The lowest BCUT2D eigenvalue weighted by atomic mass is 10.2. The van der Waals surface area contributed by atoms with Gasteiger partial charge in [-0.3, -0.25) is 4.79 Å². The number of aromatic nitrogens is 2. The van der Waals surface area contributed by atoms with Gasteiger partial charge >= 0.3 is 0 Å². The van der Waals surface area contributed by atoms with E-state index in [2.05, 4.69) is 51.5 Å². The van der Waals surface area contributed by atoms with Crippen molar-refractivity contribution < 1.29 is 9.32 Å². The fraction of sp³-hybridized carbons (Fsp3) is 0.526. The fourth-order valence-electron chi connectivity index (χ4n) is 3.11. The van der Waals surface area contributed by atoms with Crippen LogP contribution in [-0.4, -0.2) is 35.2 Å². The van der Waals surface area contributed by atoms with E-state index < -0.39 is 0 Å². The number of para-hydroxylation sites is 1. The Labute approximate surface area is 148 Å². The molecule has 3 rings (SSSR count). The van der Waals surface area contributed by atoms with Gasteiger partial charge in [-0.05, 0) is 25.0 Å². The quantitative estimate of drug-likeness (QED) is 0.838. The third-order valence-corrected chi connectivity index (χ3v) is 4.62. The molecule has 0 saturated heterocycles. The molecular formula is C19H26N4O2. The zero-order chi connectivity index (χ0) is 17.8. The van der Waals surface area contributed by atoms with Gasteiger partial charge in [-0.25, -0.2) is 0 Å². The number of hydrogen-bond donors (Lipinski definition) is 1. The minimum atomic E-state index is 0.0172. The van der Waals surface area contributed by atoms with Crippen LogP contribution >= 0.6 is 0 Å². The lowest BCUT2D eigenvalue weighted by Crippen LogP contribution is -2.41. The molecular weight excluding hydrogens is 316 g/mol. The largest absolute Gasteiger partial charge is 0.366 e. The predicted octanol–water partition coefficient (Wildman–Crippen LogP) is 2.69. The average molecular weight is 342 g/mol. The van der Waals surface area contributed by atoms with Crippen molar-refractivity contribution in [3.8, 4) is 0 Å². The van der Waals surface area contributed by atoms with Crippen LogP contribution in [0.1, 0.15) is 50.4 Å². The molecule has 0 spiro atoms. The Morgan fingerprint density at radius 3 is 2.88 bits per heavy atom. The molecule has 1 N–H and O–H groups in total. The van der Waals surface area contributed by atoms with Crippen LogP contribution in [0.25, 0.3) is 0 Å². The zero-order valence-corrected chi connectivity index (χ0v) is 15.2. The number of carbonyl (C=O) groups excluding carboxylic acids is 1. The van der Waals surface area contributed by atoms with E-state index in [1.165, 1.54) is 11.3 Å². The Hall–Kier alpha value is -2.37. The minimum absolute atomic E-state index is 0.0172. The molecule has 134 valence electrons. The molecule has 1 aromatic heterocycles. The number of benzene rings is 1. The first-order chi connectivity index (χ1) is 12.0. The van der Waals surface area contributed by atoms with E-state index >= 15 is 0 Å². The lowest BCUT2D eigenvalue weighted by molar-refractivity contribution is -0.121. The molecule has 0 radical (unpaired) electrons. The maximum Gasteiger partial charge on any atom is 0.227 e. The molecule has 2 aromatic rings. The Bertz CT molecular complexity index is 726. The van der Waals surface area contributed by atoms with E-state index in [9.17, 15) is 4.79 Å². The summed E-state index contributed by atoms with van der Waals surface area (Å²) in [5.41, 5.74) is 2.68. The van der Waals surface area contributed by atoms with Crippen molar-refractivity contribution in [1.29, 1.82) is 0 Å². The van der Waals surface area contributed by atoms with E-state index in [0.717, 1.165) is 13.0 Å². The molecule has 0 aliphatic carbocycles. The first kappa shape index (κ1) is 17.5. The number of anilines is 1. The summed E-state index contributed by atoms with van der Waals surface area (Å²) in [6, 6.07) is 8.75. The van der Waals surface area contributed by atoms with Crippen LogP contribution < -0.4 is 10.2 Å². The number of rotatable bonds is 7. The monoisotopic (exact) mass is 342 g/mol. The lowest BCUT2D eigenvalue weighted by Gasteiger charge is -2.27. The van der Waals surface area contributed by atoms with Gasteiger partial charge in [0.05, 0.1) is 0 Å². The summed E-state index contributed by atoms with van der Waals surface area (Å²) >= 11 is 0. The van der Waals surface area contributed by atoms with E-state index in [-0.39, 0.29) is 17.9 Å². The molecule has 1 aromatic carbocycles. The highest BCUT2D eigenvalue weighted by Crippen LogP contribution is 2.28. The van der Waals surface area contributed by atoms with Crippen LogP contribution in [0.3, 0.4) is 0 Å². The van der Waals surface area contributed by atoms with Crippen molar-refractivity contribution >= 4 is 11.6 Å². The summed E-state index contributed by atoms with van der Waals surface area (Å²) in [4.78, 5) is 18.8. The van der Waals surface area contributed by atoms with Crippen molar-refractivity contribution in [3.05, 3.63) is 41.5 Å². The van der Waals surface area contributed by atoms with E-state index in [0.29, 0.717) is 31.1 Å². The van der Waals surface area contributed by atoms with Crippen molar-refractivity contribution in [2.75, 3.05) is 18.0 Å². The molecule has 0 fully saturated rings. The van der Waals surface area contributed by atoms with Crippen LogP contribution in [-0.2, 0) is 17.6 Å². The van der Waals surface area contributed by atoms with Gasteiger partial charge < -0.3 is 14.7 Å². The summed E-state index contributed by atoms with van der Waals surface area (Å²) in [5, 5.41) is 6.94. The molecule has 25 heavy (non-hydrogen) atoms. The second kappa shape index (κ2) is 7.68. The molecule has 0 saturated carbocycles. The number of fused-ring (bicyclic) bond motifs is 1. The topological polar surface area (TPSA) is 71.3 Å². The van der Waals surface area contributed by atoms with Gasteiger partial charge in [0, 0.05) is 43.6 Å². The SMILES string of the molecule is CC(C)c1noc(CCC(=O)NC[C@@H](C)N2CCc3ccccc32)n1. The Kier molecular flexibility index (Phi) is 5.36. The van der Waals surface area contributed by atoms with E-state index in [4.69, 9.17) is 4.52 Å². The highest BCUT2D eigenvalue weighted by atomic mass is 16.5. The van der Waals surface area contributed by atoms with Gasteiger partial charge in [-0.1, -0.05) is 37.2 Å². The van der Waals surface area contributed by atoms with Crippen LogP contribution in [0.5, 0.6) is 0 Å². The summed E-state index contributed by atoms with van der Waals surface area (Å²) in [6.07, 6.45) is 1.92. The Morgan fingerprint density at radius 1 is 1.32 bits per heavy atom. The van der Waals surface area contributed by atoms with Crippen molar-refractivity contribution in [2.24, 2.45) is 0 Å². The first-order valence-corrected chi connectivity index (χ1v) is 8.98. The van der Waals surface area contributed by atoms with Gasteiger partial charge in [0.15, 0.2) is 5.82 Å². The average Bonchev–Trinajstić information content (AvgIpc) is 3.24. The zero-order valence-electron chi connectivity index (χ0n) is 15.2. The first-order valence-electron chi connectivity index (χ1n) is 8.98. The van der Waals surface area contributed by atoms with E-state index in [1.54, 1.807) is 0 Å². The van der Waals surface area contributed by atoms with Crippen LogP contribution in [0, 0.1) is 0 Å². The van der Waals surface area contributed by atoms with Crippen molar-refractivity contribution in [3.63, 3.8) is 0 Å². The number of hydrogen-bond acceptors (Lipinski definition) is 5. The van der Waals surface area contributed by atoms with Gasteiger partial charge in [-0.2, -0.15) is 4.98 Å². The number of amides is 1. The smallest absolute Gasteiger partial charge is 0.227 e. The molecule has 0 bridgehead atoms.